The number of ether oxygens (including phenoxy) is 1. The summed E-state index contributed by atoms with van der Waals surface area (Å²) in [6, 6.07) is 13.9. The summed E-state index contributed by atoms with van der Waals surface area (Å²) in [5, 5.41) is 5.57. The number of rotatable bonds is 4. The molecule has 4 nitrogen and oxygen atoms in total. The van der Waals surface area contributed by atoms with E-state index < -0.39 is 0 Å². The SMILES string of the molecule is CC(=O)c1ccc(-c2c(OC3CCNCC3)ccc3cnccc23)cc1. The van der Waals surface area contributed by atoms with Gasteiger partial charge in [-0.1, -0.05) is 24.3 Å². The van der Waals surface area contributed by atoms with Crippen LogP contribution in [0, 0.1) is 0 Å². The van der Waals surface area contributed by atoms with E-state index in [1.807, 2.05) is 48.8 Å². The molecule has 26 heavy (non-hydrogen) atoms. The minimum atomic E-state index is 0.0739. The maximum Gasteiger partial charge on any atom is 0.159 e. The molecule has 4 rings (SSSR count). The predicted octanol–water partition coefficient (Wildman–Crippen LogP) is 4.24. The minimum absolute atomic E-state index is 0.0739. The van der Waals surface area contributed by atoms with Gasteiger partial charge in [0.2, 0.25) is 0 Å². The highest BCUT2D eigenvalue weighted by Gasteiger charge is 2.18. The van der Waals surface area contributed by atoms with Crippen LogP contribution in [0.2, 0.25) is 0 Å². The lowest BCUT2D eigenvalue weighted by Gasteiger charge is -2.25. The number of carbonyl (C=O) groups is 1. The normalized spacial score (nSPS) is 15.1. The number of nitrogens with one attached hydrogen (secondary N) is 1. The number of ketones is 1. The number of Topliss-reactive ketones (excluding diaryl/α,β-unsaturated/α-hetero) is 1. The average Bonchev–Trinajstić information content (AvgIpc) is 2.69. The van der Waals surface area contributed by atoms with Gasteiger partial charge in [-0.2, -0.15) is 0 Å². The maximum atomic E-state index is 11.6. The van der Waals surface area contributed by atoms with Crippen molar-refractivity contribution in [2.75, 3.05) is 13.1 Å². The second-order valence-electron chi connectivity index (χ2n) is 6.74. The topological polar surface area (TPSA) is 51.2 Å². The van der Waals surface area contributed by atoms with Crippen LogP contribution in [-0.4, -0.2) is 30.0 Å². The summed E-state index contributed by atoms with van der Waals surface area (Å²) in [5.41, 5.74) is 2.84. The van der Waals surface area contributed by atoms with Crippen molar-refractivity contribution < 1.29 is 9.53 Å². The molecule has 0 atom stereocenters. The Labute approximate surface area is 153 Å². The molecule has 1 aromatic heterocycles. The lowest BCUT2D eigenvalue weighted by atomic mass is 9.96. The van der Waals surface area contributed by atoms with Crippen LogP contribution in [0.15, 0.2) is 54.9 Å². The zero-order chi connectivity index (χ0) is 17.9. The Morgan fingerprint density at radius 2 is 1.85 bits per heavy atom. The molecule has 0 amide bonds. The summed E-state index contributed by atoms with van der Waals surface area (Å²) in [5.74, 6) is 0.969. The number of pyridine rings is 1. The van der Waals surface area contributed by atoms with E-state index >= 15 is 0 Å². The van der Waals surface area contributed by atoms with E-state index in [-0.39, 0.29) is 11.9 Å². The Bertz CT molecular complexity index is 929. The second-order valence-corrected chi connectivity index (χ2v) is 6.74. The molecule has 1 saturated heterocycles. The lowest BCUT2D eigenvalue weighted by Crippen LogP contribution is -2.34. The van der Waals surface area contributed by atoms with Gasteiger partial charge in [0.05, 0.1) is 0 Å². The predicted molar refractivity (Wildman–Crippen MR) is 104 cm³/mol. The summed E-state index contributed by atoms with van der Waals surface area (Å²) in [4.78, 5) is 15.8. The van der Waals surface area contributed by atoms with E-state index in [1.54, 1.807) is 6.92 Å². The molecule has 3 aromatic rings. The van der Waals surface area contributed by atoms with Gasteiger partial charge >= 0.3 is 0 Å². The van der Waals surface area contributed by atoms with E-state index in [2.05, 4.69) is 16.4 Å². The summed E-state index contributed by atoms with van der Waals surface area (Å²) < 4.78 is 6.40. The fourth-order valence-electron chi connectivity index (χ4n) is 3.51. The number of aromatic nitrogens is 1. The summed E-state index contributed by atoms with van der Waals surface area (Å²) >= 11 is 0. The number of hydrogen-bond donors (Lipinski definition) is 1. The van der Waals surface area contributed by atoms with E-state index in [0.717, 1.165) is 59.1 Å². The Kier molecular flexibility index (Phi) is 4.67. The Hall–Kier alpha value is -2.72. The van der Waals surface area contributed by atoms with Crippen LogP contribution in [0.3, 0.4) is 0 Å². The van der Waals surface area contributed by atoms with Crippen LogP contribution < -0.4 is 10.1 Å². The van der Waals surface area contributed by atoms with Crippen molar-refractivity contribution in [1.82, 2.24) is 10.3 Å². The van der Waals surface area contributed by atoms with E-state index in [1.165, 1.54) is 0 Å². The van der Waals surface area contributed by atoms with Crippen LogP contribution in [0.4, 0.5) is 0 Å². The molecule has 0 bridgehead atoms. The van der Waals surface area contributed by atoms with Gasteiger partial charge in [0.1, 0.15) is 11.9 Å². The highest BCUT2D eigenvalue weighted by atomic mass is 16.5. The minimum Gasteiger partial charge on any atom is -0.490 e. The standard InChI is InChI=1S/C22H22N2O2/c1-15(25)16-2-4-17(5-3-16)22-20-10-13-24-14-18(20)6-7-21(22)26-19-8-11-23-12-9-19/h2-7,10,13-14,19,23H,8-9,11-12H2,1H3. The number of fused-ring (bicyclic) bond motifs is 1. The van der Waals surface area contributed by atoms with E-state index in [9.17, 15) is 4.79 Å². The third-order valence-corrected chi connectivity index (χ3v) is 4.94. The van der Waals surface area contributed by atoms with Crippen molar-refractivity contribution in [1.29, 1.82) is 0 Å². The van der Waals surface area contributed by atoms with Crippen molar-refractivity contribution in [3.05, 3.63) is 60.4 Å². The molecule has 1 aliphatic rings. The van der Waals surface area contributed by atoms with Gasteiger partial charge in [0, 0.05) is 28.9 Å². The van der Waals surface area contributed by atoms with Crippen molar-refractivity contribution in [2.24, 2.45) is 0 Å². The molecular weight excluding hydrogens is 324 g/mol. The van der Waals surface area contributed by atoms with Gasteiger partial charge in [0.25, 0.3) is 0 Å². The zero-order valence-corrected chi connectivity index (χ0v) is 14.9. The van der Waals surface area contributed by atoms with Crippen LogP contribution in [-0.2, 0) is 0 Å². The van der Waals surface area contributed by atoms with Crippen molar-refractivity contribution in [3.8, 4) is 16.9 Å². The van der Waals surface area contributed by atoms with Crippen LogP contribution >= 0.6 is 0 Å². The maximum absolute atomic E-state index is 11.6. The summed E-state index contributed by atoms with van der Waals surface area (Å²) in [6.45, 7) is 3.57. The molecule has 0 radical (unpaired) electrons. The fourth-order valence-corrected chi connectivity index (χ4v) is 3.51. The zero-order valence-electron chi connectivity index (χ0n) is 14.9. The number of nitrogens with zero attached hydrogens (tertiary/aromatic N) is 1. The molecule has 2 aromatic carbocycles. The first kappa shape index (κ1) is 16.7. The largest absolute Gasteiger partial charge is 0.490 e. The molecule has 132 valence electrons. The van der Waals surface area contributed by atoms with Crippen molar-refractivity contribution in [2.45, 2.75) is 25.9 Å². The first-order valence-corrected chi connectivity index (χ1v) is 9.08. The third kappa shape index (κ3) is 3.33. The average molecular weight is 346 g/mol. The Balaban J connectivity index is 1.81. The highest BCUT2D eigenvalue weighted by Crippen LogP contribution is 2.38. The van der Waals surface area contributed by atoms with Crippen molar-refractivity contribution in [3.63, 3.8) is 0 Å². The van der Waals surface area contributed by atoms with Gasteiger partial charge in [-0.3, -0.25) is 9.78 Å². The second kappa shape index (κ2) is 7.26. The fraction of sp³-hybridized carbons (Fsp3) is 0.273. The molecule has 1 fully saturated rings. The molecule has 0 saturated carbocycles. The van der Waals surface area contributed by atoms with Gasteiger partial charge in [0.15, 0.2) is 5.78 Å². The van der Waals surface area contributed by atoms with E-state index in [0.29, 0.717) is 0 Å². The number of benzene rings is 2. The molecule has 4 heteroatoms. The first-order valence-electron chi connectivity index (χ1n) is 9.08. The molecule has 0 aliphatic carbocycles. The Morgan fingerprint density at radius 1 is 1.08 bits per heavy atom. The summed E-state index contributed by atoms with van der Waals surface area (Å²) in [7, 11) is 0. The van der Waals surface area contributed by atoms with E-state index in [4.69, 9.17) is 4.74 Å². The van der Waals surface area contributed by atoms with Crippen LogP contribution in [0.25, 0.3) is 21.9 Å². The molecule has 1 N–H and O–H groups in total. The number of carbonyl (C=O) groups excluding carboxylic acids is 1. The quantitative estimate of drug-likeness (QED) is 0.718. The third-order valence-electron chi connectivity index (χ3n) is 4.94. The number of hydrogen-bond acceptors (Lipinski definition) is 4. The van der Waals surface area contributed by atoms with Gasteiger partial charge in [-0.25, -0.2) is 0 Å². The lowest BCUT2D eigenvalue weighted by molar-refractivity contribution is 0.101. The van der Waals surface area contributed by atoms with Gasteiger partial charge < -0.3 is 10.1 Å². The molecule has 0 unspecified atom stereocenters. The summed E-state index contributed by atoms with van der Waals surface area (Å²) in [6.07, 6.45) is 5.93. The molecule has 0 spiro atoms. The number of piperidine rings is 1. The smallest absolute Gasteiger partial charge is 0.159 e. The monoisotopic (exact) mass is 346 g/mol. The highest BCUT2D eigenvalue weighted by molar-refractivity contribution is 6.00. The molecule has 1 aliphatic heterocycles. The molecular formula is C22H22N2O2. The van der Waals surface area contributed by atoms with Crippen molar-refractivity contribution >= 4 is 16.6 Å². The molecule has 2 heterocycles. The van der Waals surface area contributed by atoms with Crippen LogP contribution in [0.5, 0.6) is 5.75 Å². The van der Waals surface area contributed by atoms with Gasteiger partial charge in [-0.15, -0.1) is 0 Å². The first-order chi connectivity index (χ1) is 12.7. The van der Waals surface area contributed by atoms with Gasteiger partial charge in [-0.05, 0) is 62.0 Å². The Morgan fingerprint density at radius 3 is 2.58 bits per heavy atom. The van der Waals surface area contributed by atoms with Crippen LogP contribution in [0.1, 0.15) is 30.1 Å².